The number of aromatic nitrogens is 1. The zero-order valence-corrected chi connectivity index (χ0v) is 18.3. The number of benzene rings is 2. The molecule has 2 heterocycles. The number of amides is 3. The Morgan fingerprint density at radius 1 is 0.879 bits per heavy atom. The third-order valence-electron chi connectivity index (χ3n) is 5.33. The van der Waals surface area contributed by atoms with Crippen molar-refractivity contribution in [3.05, 3.63) is 84.6 Å². The molecular formula is C25H27N5O3. The van der Waals surface area contributed by atoms with Crippen molar-refractivity contribution in [3.63, 3.8) is 0 Å². The summed E-state index contributed by atoms with van der Waals surface area (Å²) in [5, 5.41) is 5.48. The molecule has 4 rings (SSSR count). The number of carbonyl (C=O) groups excluding carboxylic acids is 2. The van der Waals surface area contributed by atoms with Gasteiger partial charge in [0.25, 0.3) is 0 Å². The molecule has 170 valence electrons. The van der Waals surface area contributed by atoms with Crippen molar-refractivity contribution in [2.75, 3.05) is 42.9 Å². The number of piperazine rings is 1. The fourth-order valence-electron chi connectivity index (χ4n) is 3.53. The van der Waals surface area contributed by atoms with Crippen LogP contribution in [0.25, 0.3) is 0 Å². The second kappa shape index (κ2) is 11.0. The van der Waals surface area contributed by atoms with E-state index in [1.165, 1.54) is 0 Å². The third-order valence-corrected chi connectivity index (χ3v) is 5.33. The van der Waals surface area contributed by atoms with Gasteiger partial charge in [-0.25, -0.2) is 9.78 Å². The molecule has 0 saturated carbocycles. The summed E-state index contributed by atoms with van der Waals surface area (Å²) in [6.07, 6.45) is 1.76. The number of anilines is 2. The van der Waals surface area contributed by atoms with Crippen molar-refractivity contribution in [1.82, 2.24) is 15.2 Å². The minimum absolute atomic E-state index is 0.0917. The molecule has 3 amide bonds. The molecule has 0 bridgehead atoms. The minimum atomic E-state index is -0.284. The molecular weight excluding hydrogens is 418 g/mol. The fourth-order valence-corrected chi connectivity index (χ4v) is 3.53. The Kier molecular flexibility index (Phi) is 7.37. The molecule has 2 aromatic carbocycles. The highest BCUT2D eigenvalue weighted by Gasteiger charge is 2.22. The predicted octanol–water partition coefficient (Wildman–Crippen LogP) is 3.13. The highest BCUT2D eigenvalue weighted by atomic mass is 16.5. The summed E-state index contributed by atoms with van der Waals surface area (Å²) in [4.78, 5) is 32.9. The number of hydrogen-bond acceptors (Lipinski definition) is 5. The van der Waals surface area contributed by atoms with E-state index in [1.807, 2.05) is 48.5 Å². The van der Waals surface area contributed by atoms with E-state index in [-0.39, 0.29) is 18.5 Å². The lowest BCUT2D eigenvalue weighted by Crippen LogP contribution is -2.52. The fraction of sp³-hybridized carbons (Fsp3) is 0.240. The van der Waals surface area contributed by atoms with E-state index >= 15 is 0 Å². The van der Waals surface area contributed by atoms with Gasteiger partial charge in [-0.1, -0.05) is 36.4 Å². The molecule has 0 spiro atoms. The van der Waals surface area contributed by atoms with E-state index in [0.717, 1.165) is 17.1 Å². The molecule has 0 atom stereocenters. The Morgan fingerprint density at radius 3 is 2.30 bits per heavy atom. The third kappa shape index (κ3) is 6.46. The number of pyridine rings is 1. The Hall–Kier alpha value is -4.07. The average Bonchev–Trinajstić information content (AvgIpc) is 2.88. The summed E-state index contributed by atoms with van der Waals surface area (Å²) >= 11 is 0. The van der Waals surface area contributed by atoms with Gasteiger partial charge in [0.1, 0.15) is 18.2 Å². The number of nitrogens with zero attached hydrogens (tertiary/aromatic N) is 3. The van der Waals surface area contributed by atoms with Gasteiger partial charge in [-0.2, -0.15) is 0 Å². The lowest BCUT2D eigenvalue weighted by atomic mass is 10.2. The van der Waals surface area contributed by atoms with Crippen LogP contribution in [0.3, 0.4) is 0 Å². The second-order valence-electron chi connectivity index (χ2n) is 7.67. The van der Waals surface area contributed by atoms with Crippen LogP contribution in [0.4, 0.5) is 16.3 Å². The number of rotatable bonds is 7. The number of nitrogens with one attached hydrogen (secondary N) is 2. The largest absolute Gasteiger partial charge is 0.489 e. The van der Waals surface area contributed by atoms with Gasteiger partial charge in [0.05, 0.1) is 6.54 Å². The lowest BCUT2D eigenvalue weighted by molar-refractivity contribution is -0.115. The highest BCUT2D eigenvalue weighted by molar-refractivity contribution is 5.94. The molecule has 8 heteroatoms. The molecule has 2 N–H and O–H groups in total. The first-order valence-electron chi connectivity index (χ1n) is 10.9. The van der Waals surface area contributed by atoms with Crippen molar-refractivity contribution in [2.45, 2.75) is 6.61 Å². The highest BCUT2D eigenvalue weighted by Crippen LogP contribution is 2.17. The zero-order valence-electron chi connectivity index (χ0n) is 18.3. The zero-order chi connectivity index (χ0) is 22.9. The molecule has 3 aromatic rings. The van der Waals surface area contributed by atoms with Crippen molar-refractivity contribution in [1.29, 1.82) is 0 Å². The SMILES string of the molecule is O=C(CNC(=O)N1CCN(c2ccccn2)CC1)Nc1ccc(OCc2ccccc2)cc1. The van der Waals surface area contributed by atoms with Gasteiger partial charge in [-0.05, 0) is 42.0 Å². The average molecular weight is 446 g/mol. The summed E-state index contributed by atoms with van der Waals surface area (Å²) in [5.74, 6) is 1.34. The molecule has 0 unspecified atom stereocenters. The molecule has 1 aliphatic rings. The van der Waals surface area contributed by atoms with Crippen LogP contribution in [0.15, 0.2) is 79.0 Å². The van der Waals surface area contributed by atoms with Crippen molar-refractivity contribution in [3.8, 4) is 5.75 Å². The maximum Gasteiger partial charge on any atom is 0.317 e. The Morgan fingerprint density at radius 2 is 1.61 bits per heavy atom. The first-order chi connectivity index (χ1) is 16.2. The normalized spacial score (nSPS) is 13.3. The van der Waals surface area contributed by atoms with Crippen LogP contribution in [0, 0.1) is 0 Å². The Labute approximate surface area is 193 Å². The summed E-state index contributed by atoms with van der Waals surface area (Å²) in [5.41, 5.74) is 1.73. The monoisotopic (exact) mass is 445 g/mol. The van der Waals surface area contributed by atoms with Crippen molar-refractivity contribution in [2.24, 2.45) is 0 Å². The van der Waals surface area contributed by atoms with Gasteiger partial charge in [-0.3, -0.25) is 4.79 Å². The Balaban J connectivity index is 1.17. The molecule has 0 radical (unpaired) electrons. The predicted molar refractivity (Wildman–Crippen MR) is 127 cm³/mol. The molecule has 33 heavy (non-hydrogen) atoms. The summed E-state index contributed by atoms with van der Waals surface area (Å²) in [6, 6.07) is 22.6. The van der Waals surface area contributed by atoms with Gasteiger partial charge in [-0.15, -0.1) is 0 Å². The van der Waals surface area contributed by atoms with Gasteiger partial charge >= 0.3 is 6.03 Å². The molecule has 1 fully saturated rings. The van der Waals surface area contributed by atoms with E-state index in [0.29, 0.717) is 38.5 Å². The number of carbonyl (C=O) groups is 2. The molecule has 1 aliphatic heterocycles. The first-order valence-corrected chi connectivity index (χ1v) is 10.9. The summed E-state index contributed by atoms with van der Waals surface area (Å²) in [7, 11) is 0. The Bertz CT molecular complexity index is 1040. The maximum absolute atomic E-state index is 12.4. The number of ether oxygens (including phenoxy) is 1. The van der Waals surface area contributed by atoms with Crippen molar-refractivity contribution < 1.29 is 14.3 Å². The molecule has 1 aromatic heterocycles. The molecule has 0 aliphatic carbocycles. The number of urea groups is 1. The maximum atomic E-state index is 12.4. The van der Waals surface area contributed by atoms with E-state index in [9.17, 15) is 9.59 Å². The summed E-state index contributed by atoms with van der Waals surface area (Å²) in [6.45, 7) is 2.95. The van der Waals surface area contributed by atoms with E-state index in [1.54, 1.807) is 35.4 Å². The van der Waals surface area contributed by atoms with Crippen LogP contribution in [0.2, 0.25) is 0 Å². The van der Waals surface area contributed by atoms with Gasteiger partial charge in [0.2, 0.25) is 5.91 Å². The van der Waals surface area contributed by atoms with E-state index in [2.05, 4.69) is 20.5 Å². The van der Waals surface area contributed by atoms with Crippen molar-refractivity contribution >= 4 is 23.4 Å². The quantitative estimate of drug-likeness (QED) is 0.584. The topological polar surface area (TPSA) is 86.8 Å². The van der Waals surface area contributed by atoms with Crippen LogP contribution in [0.5, 0.6) is 5.75 Å². The van der Waals surface area contributed by atoms with Gasteiger partial charge < -0.3 is 25.2 Å². The minimum Gasteiger partial charge on any atom is -0.489 e. The van der Waals surface area contributed by atoms with Crippen LogP contribution in [-0.2, 0) is 11.4 Å². The smallest absolute Gasteiger partial charge is 0.317 e. The lowest BCUT2D eigenvalue weighted by Gasteiger charge is -2.35. The summed E-state index contributed by atoms with van der Waals surface area (Å²) < 4.78 is 5.75. The second-order valence-corrected chi connectivity index (χ2v) is 7.67. The van der Waals surface area contributed by atoms with Crippen LogP contribution in [0.1, 0.15) is 5.56 Å². The molecule has 1 saturated heterocycles. The number of hydrogen-bond donors (Lipinski definition) is 2. The standard InChI is InChI=1S/C25H27N5O3/c31-24(28-21-9-11-22(12-10-21)33-19-20-6-2-1-3-7-20)18-27-25(32)30-16-14-29(15-17-30)23-8-4-5-13-26-23/h1-13H,14-19H2,(H,27,32)(H,28,31). The van der Waals surface area contributed by atoms with Crippen LogP contribution in [-0.4, -0.2) is 54.5 Å². The van der Waals surface area contributed by atoms with Crippen LogP contribution < -0.4 is 20.3 Å². The molecule has 8 nitrogen and oxygen atoms in total. The van der Waals surface area contributed by atoms with E-state index in [4.69, 9.17) is 4.74 Å². The van der Waals surface area contributed by atoms with E-state index < -0.39 is 0 Å². The van der Waals surface area contributed by atoms with Crippen LogP contribution >= 0.6 is 0 Å². The first kappa shape index (κ1) is 22.1. The van der Waals surface area contributed by atoms with Gasteiger partial charge in [0.15, 0.2) is 0 Å². The van der Waals surface area contributed by atoms with Gasteiger partial charge in [0, 0.05) is 38.1 Å².